The molecule has 0 unspecified atom stereocenters. The van der Waals surface area contributed by atoms with Crippen LogP contribution in [0.25, 0.3) is 42.3 Å². The number of rotatable bonds is 10. The normalized spacial score (nSPS) is 12.6. The van der Waals surface area contributed by atoms with Crippen LogP contribution in [0.3, 0.4) is 0 Å². The summed E-state index contributed by atoms with van der Waals surface area (Å²) in [6, 6.07) is 19.8. The number of carbonyl (C=O) groups is 1. The number of hydrogen-bond acceptors (Lipinski definition) is 5. The van der Waals surface area contributed by atoms with Crippen LogP contribution in [0.1, 0.15) is 105 Å². The van der Waals surface area contributed by atoms with Gasteiger partial charge in [0.1, 0.15) is 6.33 Å². The standard InChI is InChI=1S/C30H33N2SSi.C13H24O2.Ir/c1-18(2)24-14-20(13-19-9-11-22(16-25(19)24)34(6,7)8)27-29-28(32-17-31-27)23-12-10-21(30(3,4)5)15-26(23)33-29;1-5-10(6-2)12(14)9-13(15)11(7-3)8-4;/h9-12,14-18H,1-8H3;9-11,14H,5-8H2,1-4H3;/q-1;;/b;12-9-;. The number of ketones is 1. The maximum Gasteiger partial charge on any atom is 0.162 e. The van der Waals surface area contributed by atoms with Crippen LogP contribution in [-0.2, 0) is 30.3 Å². The summed E-state index contributed by atoms with van der Waals surface area (Å²) in [7, 11) is -1.39. The van der Waals surface area contributed by atoms with Crippen molar-refractivity contribution < 1.29 is 30.0 Å². The minimum absolute atomic E-state index is 0. The molecule has 50 heavy (non-hydrogen) atoms. The molecule has 0 saturated carbocycles. The summed E-state index contributed by atoms with van der Waals surface area (Å²) in [4.78, 5) is 21.2. The molecule has 271 valence electrons. The molecule has 1 radical (unpaired) electrons. The first-order valence-corrected chi connectivity index (χ1v) is 22.5. The first kappa shape index (κ1) is 41.7. The third-order valence-electron chi connectivity index (χ3n) is 9.84. The number of aromatic nitrogens is 2. The zero-order valence-electron chi connectivity index (χ0n) is 32.2. The van der Waals surface area contributed by atoms with Gasteiger partial charge < -0.3 is 5.11 Å². The van der Waals surface area contributed by atoms with Crippen LogP contribution in [0.4, 0.5) is 0 Å². The van der Waals surface area contributed by atoms with Crippen LogP contribution >= 0.6 is 11.3 Å². The largest absolute Gasteiger partial charge is 0.512 e. The van der Waals surface area contributed by atoms with Gasteiger partial charge in [-0.3, -0.25) is 9.78 Å². The first-order chi connectivity index (χ1) is 23.0. The van der Waals surface area contributed by atoms with Crippen molar-refractivity contribution in [2.24, 2.45) is 11.8 Å². The minimum atomic E-state index is -1.39. The van der Waals surface area contributed by atoms with Crippen molar-refractivity contribution >= 4 is 61.5 Å². The second kappa shape index (κ2) is 17.2. The van der Waals surface area contributed by atoms with Gasteiger partial charge in [0.25, 0.3) is 0 Å². The maximum absolute atomic E-state index is 11.7. The van der Waals surface area contributed by atoms with Crippen molar-refractivity contribution in [1.82, 2.24) is 9.97 Å². The van der Waals surface area contributed by atoms with Gasteiger partial charge in [-0.25, -0.2) is 4.98 Å². The van der Waals surface area contributed by atoms with E-state index in [0.717, 1.165) is 47.2 Å². The molecular formula is C43H57IrN2O2SSi-. The molecule has 1 N–H and O–H groups in total. The molecule has 2 heterocycles. The summed E-state index contributed by atoms with van der Waals surface area (Å²) in [5.74, 6) is 0.966. The van der Waals surface area contributed by atoms with E-state index >= 15 is 0 Å². The Hall–Kier alpha value is -2.70. The third kappa shape index (κ3) is 9.39. The summed E-state index contributed by atoms with van der Waals surface area (Å²) in [6.07, 6.45) is 6.62. The number of fused-ring (bicyclic) bond motifs is 4. The van der Waals surface area contributed by atoms with Crippen LogP contribution in [0.2, 0.25) is 19.6 Å². The van der Waals surface area contributed by atoms with E-state index in [1.54, 1.807) is 17.7 Å². The monoisotopic (exact) mass is 886 g/mol. The molecule has 0 aliphatic heterocycles. The quantitative estimate of drug-likeness (QED) is 0.0657. The Morgan fingerprint density at radius 3 is 2.10 bits per heavy atom. The Bertz CT molecular complexity index is 1960. The molecular weight excluding hydrogens is 829 g/mol. The Morgan fingerprint density at radius 2 is 1.54 bits per heavy atom. The van der Waals surface area contributed by atoms with E-state index in [9.17, 15) is 9.90 Å². The molecule has 3 aromatic carbocycles. The van der Waals surface area contributed by atoms with Crippen LogP contribution in [-0.4, -0.2) is 28.9 Å². The summed E-state index contributed by atoms with van der Waals surface area (Å²) < 4.78 is 2.42. The van der Waals surface area contributed by atoms with Crippen molar-refractivity contribution in [3.63, 3.8) is 0 Å². The Labute approximate surface area is 319 Å². The SMILES string of the molecule is CC(C)c1cc(-c2ncnc3c2sc2cc(C(C)(C)C)ccc23)[c-]c2ccc([Si](C)(C)C)cc12.CCC(CC)C(=O)/C=C(\O)C(CC)CC.[Ir]. The first-order valence-electron chi connectivity index (χ1n) is 18.2. The van der Waals surface area contributed by atoms with Gasteiger partial charge in [0.2, 0.25) is 0 Å². The number of aliphatic hydroxyl groups is 1. The zero-order valence-corrected chi connectivity index (χ0v) is 36.5. The summed E-state index contributed by atoms with van der Waals surface area (Å²) in [5, 5.41) is 15.0. The van der Waals surface area contributed by atoms with Crippen molar-refractivity contribution in [1.29, 1.82) is 0 Å². The van der Waals surface area contributed by atoms with Gasteiger partial charge in [-0.2, -0.15) is 0 Å². The molecule has 2 aromatic heterocycles. The number of carbonyl (C=O) groups excluding carboxylic acids is 1. The van der Waals surface area contributed by atoms with Gasteiger partial charge in [0.15, 0.2) is 5.78 Å². The molecule has 5 rings (SSSR count). The van der Waals surface area contributed by atoms with Crippen molar-refractivity contribution in [2.45, 2.75) is 119 Å². The van der Waals surface area contributed by atoms with Gasteiger partial charge in [0, 0.05) is 58.5 Å². The average molecular weight is 886 g/mol. The number of aliphatic hydroxyl groups excluding tert-OH is 1. The summed E-state index contributed by atoms with van der Waals surface area (Å²) >= 11 is 1.80. The Morgan fingerprint density at radius 1 is 0.900 bits per heavy atom. The Kier molecular flexibility index (Phi) is 14.4. The Balaban J connectivity index is 0.000000361. The molecule has 4 nitrogen and oxygen atoms in total. The molecule has 0 fully saturated rings. The fourth-order valence-electron chi connectivity index (χ4n) is 6.39. The van der Waals surface area contributed by atoms with Gasteiger partial charge >= 0.3 is 0 Å². The van der Waals surface area contributed by atoms with Crippen molar-refractivity contribution in [3.8, 4) is 11.3 Å². The predicted molar refractivity (Wildman–Crippen MR) is 216 cm³/mol. The molecule has 0 saturated heterocycles. The number of thiophene rings is 1. The van der Waals surface area contributed by atoms with Crippen LogP contribution < -0.4 is 5.19 Å². The summed E-state index contributed by atoms with van der Waals surface area (Å²) in [5.41, 5.74) is 5.92. The van der Waals surface area contributed by atoms with Crippen molar-refractivity contribution in [3.05, 3.63) is 77.8 Å². The predicted octanol–water partition coefficient (Wildman–Crippen LogP) is 12.3. The topological polar surface area (TPSA) is 63.1 Å². The van der Waals surface area contributed by atoms with Crippen LogP contribution in [0, 0.1) is 17.9 Å². The smallest absolute Gasteiger partial charge is 0.162 e. The number of allylic oxidation sites excluding steroid dienone is 2. The van der Waals surface area contributed by atoms with E-state index in [-0.39, 0.29) is 48.9 Å². The summed E-state index contributed by atoms with van der Waals surface area (Å²) in [6.45, 7) is 26.6. The average Bonchev–Trinajstić information content (AvgIpc) is 3.43. The molecule has 0 atom stereocenters. The molecule has 0 bridgehead atoms. The van der Waals surface area contributed by atoms with Gasteiger partial charge in [0.05, 0.1) is 19.3 Å². The molecule has 5 aromatic rings. The van der Waals surface area contributed by atoms with Gasteiger partial charge in [-0.05, 0) is 48.6 Å². The molecule has 7 heteroatoms. The second-order valence-electron chi connectivity index (χ2n) is 15.8. The van der Waals surface area contributed by atoms with Crippen molar-refractivity contribution in [2.75, 3.05) is 0 Å². The van der Waals surface area contributed by atoms with E-state index < -0.39 is 8.07 Å². The third-order valence-corrected chi connectivity index (χ3v) is 13.0. The second-order valence-corrected chi connectivity index (χ2v) is 21.9. The number of nitrogens with zero attached hydrogens (tertiary/aromatic N) is 2. The fourth-order valence-corrected chi connectivity index (χ4v) is 8.75. The van der Waals surface area contributed by atoms with E-state index in [1.807, 2.05) is 27.7 Å². The molecule has 0 amide bonds. The van der Waals surface area contributed by atoms with Crippen LogP contribution in [0.15, 0.2) is 60.6 Å². The molecule has 0 aliphatic rings. The number of benzene rings is 3. The number of hydrogen-bond donors (Lipinski definition) is 1. The maximum atomic E-state index is 11.7. The molecule has 0 spiro atoms. The minimum Gasteiger partial charge on any atom is -0.512 e. The van der Waals surface area contributed by atoms with E-state index in [0.29, 0.717) is 5.92 Å². The van der Waals surface area contributed by atoms with Crippen LogP contribution in [0.5, 0.6) is 0 Å². The van der Waals surface area contributed by atoms with Gasteiger partial charge in [-0.1, -0.05) is 122 Å². The fraction of sp³-hybridized carbons (Fsp3) is 0.465. The van der Waals surface area contributed by atoms with Gasteiger partial charge in [-0.15, -0.1) is 40.5 Å². The zero-order chi connectivity index (χ0) is 36.3. The molecule has 0 aliphatic carbocycles. The van der Waals surface area contributed by atoms with E-state index in [2.05, 4.69) is 103 Å². The van der Waals surface area contributed by atoms with E-state index in [1.165, 1.54) is 43.2 Å². The van der Waals surface area contributed by atoms with E-state index in [4.69, 9.17) is 9.97 Å².